The van der Waals surface area contributed by atoms with Gasteiger partial charge in [0.25, 0.3) is 0 Å². The first-order valence-electron chi connectivity index (χ1n) is 5.97. The van der Waals surface area contributed by atoms with Gasteiger partial charge in [0.2, 0.25) is 0 Å². The average molecular weight is 262 g/mol. The van der Waals surface area contributed by atoms with Gasteiger partial charge < -0.3 is 4.74 Å². The lowest BCUT2D eigenvalue weighted by molar-refractivity contribution is 0.414. The van der Waals surface area contributed by atoms with E-state index in [1.165, 1.54) is 9.75 Å². The number of hydrogen-bond acceptors (Lipinski definition) is 4. The number of hydrogen-bond donors (Lipinski definition) is 2. The van der Waals surface area contributed by atoms with Gasteiger partial charge in [-0.1, -0.05) is 19.1 Å². The monoisotopic (exact) mass is 262 g/mol. The number of aryl methyl sites for hydroxylation is 1. The van der Waals surface area contributed by atoms with Gasteiger partial charge in [-0.25, -0.2) is 5.43 Å². The second kappa shape index (κ2) is 6.00. The van der Waals surface area contributed by atoms with Crippen molar-refractivity contribution in [3.8, 4) is 5.75 Å². The Balaban J connectivity index is 2.26. The van der Waals surface area contributed by atoms with E-state index in [9.17, 15) is 0 Å². The minimum absolute atomic E-state index is 0.0428. The van der Waals surface area contributed by atoms with Gasteiger partial charge in [-0.15, -0.1) is 11.3 Å². The summed E-state index contributed by atoms with van der Waals surface area (Å²) in [7, 11) is 1.67. The Kier molecular flexibility index (Phi) is 4.36. The highest BCUT2D eigenvalue weighted by Crippen LogP contribution is 2.29. The van der Waals surface area contributed by atoms with Crippen molar-refractivity contribution in [2.75, 3.05) is 7.11 Å². The van der Waals surface area contributed by atoms with Crippen LogP contribution in [0.1, 0.15) is 28.3 Å². The normalized spacial score (nSPS) is 12.4. The lowest BCUT2D eigenvalue weighted by Crippen LogP contribution is -2.28. The lowest BCUT2D eigenvalue weighted by atomic mass is 10.1. The molecule has 4 heteroatoms. The van der Waals surface area contributed by atoms with Crippen LogP contribution in [0.4, 0.5) is 0 Å². The molecule has 0 spiro atoms. The Morgan fingerprint density at radius 3 is 2.44 bits per heavy atom. The van der Waals surface area contributed by atoms with Crippen molar-refractivity contribution in [2.45, 2.75) is 19.4 Å². The SMILES string of the molecule is CCc1ccc(C(NN)c2ccc(OC)cc2)s1. The molecular formula is C14H18N2OS. The van der Waals surface area contributed by atoms with E-state index in [1.807, 2.05) is 24.3 Å². The van der Waals surface area contributed by atoms with E-state index in [-0.39, 0.29) is 6.04 Å². The highest BCUT2D eigenvalue weighted by molar-refractivity contribution is 7.12. The molecule has 2 rings (SSSR count). The van der Waals surface area contributed by atoms with E-state index >= 15 is 0 Å². The average Bonchev–Trinajstić information content (AvgIpc) is 2.89. The molecule has 0 amide bonds. The predicted octanol–water partition coefficient (Wildman–Crippen LogP) is 2.87. The van der Waals surface area contributed by atoms with Crippen molar-refractivity contribution in [1.29, 1.82) is 0 Å². The van der Waals surface area contributed by atoms with E-state index in [2.05, 4.69) is 24.5 Å². The van der Waals surface area contributed by atoms with Crippen LogP contribution in [0, 0.1) is 0 Å². The summed E-state index contributed by atoms with van der Waals surface area (Å²) in [5, 5.41) is 0. The van der Waals surface area contributed by atoms with Crippen LogP contribution in [-0.4, -0.2) is 7.11 Å². The number of thiophene rings is 1. The van der Waals surface area contributed by atoms with E-state index in [4.69, 9.17) is 10.6 Å². The van der Waals surface area contributed by atoms with Gasteiger partial charge in [0.15, 0.2) is 0 Å². The van der Waals surface area contributed by atoms with Crippen LogP contribution in [-0.2, 0) is 6.42 Å². The van der Waals surface area contributed by atoms with Crippen molar-refractivity contribution in [3.05, 3.63) is 51.7 Å². The maximum absolute atomic E-state index is 5.68. The van der Waals surface area contributed by atoms with Crippen LogP contribution in [0.25, 0.3) is 0 Å². The highest BCUT2D eigenvalue weighted by atomic mass is 32.1. The van der Waals surface area contributed by atoms with Gasteiger partial charge >= 0.3 is 0 Å². The van der Waals surface area contributed by atoms with E-state index in [0.29, 0.717) is 0 Å². The molecule has 0 saturated heterocycles. The molecule has 0 aliphatic rings. The fourth-order valence-electron chi connectivity index (χ4n) is 1.88. The summed E-state index contributed by atoms with van der Waals surface area (Å²) < 4.78 is 5.16. The molecule has 0 fully saturated rings. The first-order valence-corrected chi connectivity index (χ1v) is 6.78. The Labute approximate surface area is 112 Å². The molecule has 18 heavy (non-hydrogen) atoms. The van der Waals surface area contributed by atoms with Crippen LogP contribution < -0.4 is 16.0 Å². The predicted molar refractivity (Wildman–Crippen MR) is 75.9 cm³/mol. The van der Waals surface area contributed by atoms with Crippen molar-refractivity contribution in [3.63, 3.8) is 0 Å². The number of nitrogens with one attached hydrogen (secondary N) is 1. The van der Waals surface area contributed by atoms with Crippen LogP contribution in [0.3, 0.4) is 0 Å². The Morgan fingerprint density at radius 1 is 1.22 bits per heavy atom. The molecule has 0 aliphatic carbocycles. The Morgan fingerprint density at radius 2 is 1.94 bits per heavy atom. The summed E-state index contributed by atoms with van der Waals surface area (Å²) in [6.07, 6.45) is 1.06. The molecule has 1 unspecified atom stereocenters. The molecule has 3 N–H and O–H groups in total. The highest BCUT2D eigenvalue weighted by Gasteiger charge is 2.14. The third kappa shape index (κ3) is 2.72. The zero-order chi connectivity index (χ0) is 13.0. The number of rotatable bonds is 5. The largest absolute Gasteiger partial charge is 0.497 e. The standard InChI is InChI=1S/C14H18N2OS/c1-3-12-8-9-13(18-12)14(16-15)10-4-6-11(17-2)7-5-10/h4-9,14,16H,3,15H2,1-2H3. The van der Waals surface area contributed by atoms with Gasteiger partial charge in [0, 0.05) is 9.75 Å². The number of benzene rings is 1. The number of methoxy groups -OCH3 is 1. The number of ether oxygens (including phenoxy) is 1. The fourth-order valence-corrected chi connectivity index (χ4v) is 2.92. The van der Waals surface area contributed by atoms with Gasteiger partial charge in [-0.3, -0.25) is 5.84 Å². The van der Waals surface area contributed by atoms with Crippen LogP contribution in [0.15, 0.2) is 36.4 Å². The molecule has 3 nitrogen and oxygen atoms in total. The summed E-state index contributed by atoms with van der Waals surface area (Å²) in [4.78, 5) is 2.61. The first-order chi connectivity index (χ1) is 8.78. The van der Waals surface area contributed by atoms with Gasteiger partial charge in [-0.2, -0.15) is 0 Å². The van der Waals surface area contributed by atoms with Crippen molar-refractivity contribution >= 4 is 11.3 Å². The van der Waals surface area contributed by atoms with Gasteiger partial charge in [-0.05, 0) is 36.2 Å². The molecule has 0 saturated carbocycles. The molecule has 1 atom stereocenters. The fraction of sp³-hybridized carbons (Fsp3) is 0.286. The molecule has 0 bridgehead atoms. The van der Waals surface area contributed by atoms with Crippen molar-refractivity contribution in [2.24, 2.45) is 5.84 Å². The third-order valence-electron chi connectivity index (χ3n) is 2.93. The Hall–Kier alpha value is -1.36. The van der Waals surface area contributed by atoms with Crippen LogP contribution >= 0.6 is 11.3 Å². The second-order valence-corrected chi connectivity index (χ2v) is 5.23. The summed E-state index contributed by atoms with van der Waals surface area (Å²) in [6.45, 7) is 2.16. The van der Waals surface area contributed by atoms with E-state index < -0.39 is 0 Å². The van der Waals surface area contributed by atoms with E-state index in [0.717, 1.165) is 17.7 Å². The molecule has 1 aromatic heterocycles. The summed E-state index contributed by atoms with van der Waals surface area (Å²) in [6, 6.07) is 12.3. The van der Waals surface area contributed by atoms with E-state index in [1.54, 1.807) is 18.4 Å². The summed E-state index contributed by atoms with van der Waals surface area (Å²) in [5.41, 5.74) is 4.02. The minimum Gasteiger partial charge on any atom is -0.497 e. The quantitative estimate of drug-likeness (QED) is 0.643. The lowest BCUT2D eigenvalue weighted by Gasteiger charge is -2.15. The second-order valence-electron chi connectivity index (χ2n) is 4.03. The number of hydrazine groups is 1. The molecule has 1 aromatic carbocycles. The molecule has 2 aromatic rings. The topological polar surface area (TPSA) is 47.3 Å². The first kappa shape index (κ1) is 13.1. The third-order valence-corrected chi connectivity index (χ3v) is 4.23. The Bertz CT molecular complexity index is 493. The maximum atomic E-state index is 5.68. The van der Waals surface area contributed by atoms with Gasteiger partial charge in [0.05, 0.1) is 13.2 Å². The minimum atomic E-state index is 0.0428. The molecular weight excluding hydrogens is 244 g/mol. The molecule has 1 heterocycles. The zero-order valence-electron chi connectivity index (χ0n) is 10.6. The molecule has 0 radical (unpaired) electrons. The number of nitrogens with two attached hydrogens (primary N) is 1. The molecule has 0 aliphatic heterocycles. The van der Waals surface area contributed by atoms with Crippen LogP contribution in [0.5, 0.6) is 5.75 Å². The van der Waals surface area contributed by atoms with Crippen molar-refractivity contribution < 1.29 is 4.74 Å². The zero-order valence-corrected chi connectivity index (χ0v) is 11.5. The van der Waals surface area contributed by atoms with Crippen molar-refractivity contribution in [1.82, 2.24) is 5.43 Å². The smallest absolute Gasteiger partial charge is 0.118 e. The molecule has 96 valence electrons. The van der Waals surface area contributed by atoms with Gasteiger partial charge in [0.1, 0.15) is 5.75 Å². The maximum Gasteiger partial charge on any atom is 0.118 e. The summed E-state index contributed by atoms with van der Waals surface area (Å²) in [5.74, 6) is 6.54. The van der Waals surface area contributed by atoms with Crippen LogP contribution in [0.2, 0.25) is 0 Å². The summed E-state index contributed by atoms with van der Waals surface area (Å²) >= 11 is 1.80.